The quantitative estimate of drug-likeness (QED) is 0.332. The van der Waals surface area contributed by atoms with Crippen molar-refractivity contribution in [1.82, 2.24) is 15.5 Å². The number of hydrogen-bond acceptors (Lipinski definition) is 2. The highest BCUT2D eigenvalue weighted by molar-refractivity contribution is 14.0. The van der Waals surface area contributed by atoms with E-state index < -0.39 is 0 Å². The Hall–Kier alpha value is -0.0400. The lowest BCUT2D eigenvalue weighted by atomic mass is 10.0. The molecule has 4 nitrogen and oxygen atoms in total. The van der Waals surface area contributed by atoms with Crippen molar-refractivity contribution in [3.8, 4) is 0 Å². The molecule has 0 aromatic rings. The molecule has 19 heavy (non-hydrogen) atoms. The van der Waals surface area contributed by atoms with Gasteiger partial charge in [0.25, 0.3) is 0 Å². The van der Waals surface area contributed by atoms with Gasteiger partial charge in [-0.25, -0.2) is 0 Å². The highest BCUT2D eigenvalue weighted by Gasteiger charge is 2.15. The van der Waals surface area contributed by atoms with Crippen LogP contribution in [0.3, 0.4) is 0 Å². The maximum atomic E-state index is 4.21. The number of guanidine groups is 1. The lowest BCUT2D eigenvalue weighted by molar-refractivity contribution is 0.182. The number of hydrogen-bond donors (Lipinski definition) is 2. The molecule has 1 saturated heterocycles. The van der Waals surface area contributed by atoms with Gasteiger partial charge < -0.3 is 15.5 Å². The molecular formula is C14H31IN4. The van der Waals surface area contributed by atoms with E-state index >= 15 is 0 Å². The van der Waals surface area contributed by atoms with Crippen LogP contribution >= 0.6 is 24.0 Å². The molecular weight excluding hydrogens is 351 g/mol. The van der Waals surface area contributed by atoms with Crippen LogP contribution in [0.4, 0.5) is 0 Å². The number of rotatable bonds is 5. The summed E-state index contributed by atoms with van der Waals surface area (Å²) in [6.45, 7) is 11.4. The van der Waals surface area contributed by atoms with E-state index in [1.807, 2.05) is 7.05 Å². The summed E-state index contributed by atoms with van der Waals surface area (Å²) < 4.78 is 0. The van der Waals surface area contributed by atoms with Crippen molar-refractivity contribution in [2.45, 2.75) is 46.1 Å². The zero-order valence-corrected chi connectivity index (χ0v) is 15.2. The second-order valence-corrected chi connectivity index (χ2v) is 5.70. The molecule has 1 fully saturated rings. The fraction of sp³-hybridized carbons (Fsp3) is 0.929. The minimum Gasteiger partial charge on any atom is -0.356 e. The van der Waals surface area contributed by atoms with E-state index in [2.05, 4.69) is 41.3 Å². The standard InChI is InChI=1S/C14H30N4.HI/c1-12(2)17-14(15-4)16-8-6-10-18-9-5-7-13(3)11-18;/h12-13H,5-11H2,1-4H3,(H2,15,16,17);1H. The molecule has 0 aromatic heterocycles. The first-order valence-electron chi connectivity index (χ1n) is 7.31. The molecule has 1 heterocycles. The minimum atomic E-state index is 0. The Balaban J connectivity index is 0.00000324. The van der Waals surface area contributed by atoms with E-state index in [0.29, 0.717) is 6.04 Å². The maximum absolute atomic E-state index is 4.21. The van der Waals surface area contributed by atoms with Crippen molar-refractivity contribution in [2.75, 3.05) is 33.2 Å². The van der Waals surface area contributed by atoms with Crippen LogP contribution < -0.4 is 10.6 Å². The van der Waals surface area contributed by atoms with Gasteiger partial charge in [0.1, 0.15) is 0 Å². The Kier molecular flexibility index (Phi) is 10.7. The molecule has 1 unspecified atom stereocenters. The lowest BCUT2D eigenvalue weighted by Gasteiger charge is -2.30. The molecule has 1 rings (SSSR count). The molecule has 0 aromatic carbocycles. The molecule has 5 heteroatoms. The predicted octanol–water partition coefficient (Wildman–Crippen LogP) is 2.30. The number of halogens is 1. The van der Waals surface area contributed by atoms with Gasteiger partial charge in [0, 0.05) is 26.2 Å². The maximum Gasteiger partial charge on any atom is 0.191 e. The Bertz CT molecular complexity index is 256. The summed E-state index contributed by atoms with van der Waals surface area (Å²) in [5, 5.41) is 6.66. The number of likely N-dealkylation sites (tertiary alicyclic amines) is 1. The van der Waals surface area contributed by atoms with E-state index in [9.17, 15) is 0 Å². The fourth-order valence-electron chi connectivity index (χ4n) is 2.47. The van der Waals surface area contributed by atoms with Crippen LogP contribution in [0.1, 0.15) is 40.0 Å². The van der Waals surface area contributed by atoms with Crippen LogP contribution in [0.25, 0.3) is 0 Å². The molecule has 0 aliphatic carbocycles. The summed E-state index contributed by atoms with van der Waals surface area (Å²) >= 11 is 0. The Morgan fingerprint density at radius 1 is 1.42 bits per heavy atom. The molecule has 0 bridgehead atoms. The van der Waals surface area contributed by atoms with Crippen LogP contribution in [0, 0.1) is 5.92 Å². The van der Waals surface area contributed by atoms with Gasteiger partial charge in [-0.1, -0.05) is 6.92 Å². The van der Waals surface area contributed by atoms with E-state index in [4.69, 9.17) is 0 Å². The van der Waals surface area contributed by atoms with Gasteiger partial charge in [0.15, 0.2) is 5.96 Å². The third-order valence-corrected chi connectivity index (χ3v) is 3.33. The van der Waals surface area contributed by atoms with Crippen LogP contribution in [0.15, 0.2) is 4.99 Å². The highest BCUT2D eigenvalue weighted by Crippen LogP contribution is 2.15. The highest BCUT2D eigenvalue weighted by atomic mass is 127. The minimum absolute atomic E-state index is 0. The molecule has 1 aliphatic heterocycles. The van der Waals surface area contributed by atoms with Gasteiger partial charge in [-0.05, 0) is 52.1 Å². The number of nitrogens with zero attached hydrogens (tertiary/aromatic N) is 2. The summed E-state index contributed by atoms with van der Waals surface area (Å²) in [7, 11) is 1.82. The van der Waals surface area contributed by atoms with Crippen molar-refractivity contribution < 1.29 is 0 Å². The molecule has 1 aliphatic rings. The zero-order chi connectivity index (χ0) is 13.4. The largest absolute Gasteiger partial charge is 0.356 e. The van der Waals surface area contributed by atoms with Gasteiger partial charge in [0.2, 0.25) is 0 Å². The molecule has 1 atom stereocenters. The number of nitrogens with one attached hydrogen (secondary N) is 2. The van der Waals surface area contributed by atoms with E-state index in [1.54, 1.807) is 0 Å². The SMILES string of the molecule is CN=C(NCCCN1CCCC(C)C1)NC(C)C.I. The van der Waals surface area contributed by atoms with Gasteiger partial charge in [-0.15, -0.1) is 24.0 Å². The Morgan fingerprint density at radius 3 is 2.74 bits per heavy atom. The zero-order valence-electron chi connectivity index (χ0n) is 12.9. The topological polar surface area (TPSA) is 39.7 Å². The monoisotopic (exact) mass is 382 g/mol. The van der Waals surface area contributed by atoms with Crippen molar-refractivity contribution in [3.05, 3.63) is 0 Å². The van der Waals surface area contributed by atoms with E-state index in [-0.39, 0.29) is 24.0 Å². The van der Waals surface area contributed by atoms with Crippen LogP contribution in [-0.4, -0.2) is 50.1 Å². The van der Waals surface area contributed by atoms with Crippen molar-refractivity contribution in [2.24, 2.45) is 10.9 Å². The normalized spacial score (nSPS) is 21.1. The first-order chi connectivity index (χ1) is 8.61. The van der Waals surface area contributed by atoms with Crippen LogP contribution in [0.2, 0.25) is 0 Å². The third-order valence-electron chi connectivity index (χ3n) is 3.33. The van der Waals surface area contributed by atoms with Gasteiger partial charge in [0.05, 0.1) is 0 Å². The summed E-state index contributed by atoms with van der Waals surface area (Å²) in [5.41, 5.74) is 0. The second kappa shape index (κ2) is 10.7. The van der Waals surface area contributed by atoms with Crippen molar-refractivity contribution in [1.29, 1.82) is 0 Å². The predicted molar refractivity (Wildman–Crippen MR) is 94.5 cm³/mol. The van der Waals surface area contributed by atoms with E-state index in [1.165, 1.54) is 38.9 Å². The van der Waals surface area contributed by atoms with Gasteiger partial charge >= 0.3 is 0 Å². The van der Waals surface area contributed by atoms with Crippen molar-refractivity contribution >= 4 is 29.9 Å². The Labute approximate surface area is 135 Å². The fourth-order valence-corrected chi connectivity index (χ4v) is 2.47. The molecule has 0 radical (unpaired) electrons. The number of aliphatic imine (C=N–C) groups is 1. The van der Waals surface area contributed by atoms with Gasteiger partial charge in [-0.2, -0.15) is 0 Å². The van der Waals surface area contributed by atoms with Crippen LogP contribution in [-0.2, 0) is 0 Å². The molecule has 0 saturated carbocycles. The van der Waals surface area contributed by atoms with Crippen LogP contribution in [0.5, 0.6) is 0 Å². The summed E-state index contributed by atoms with van der Waals surface area (Å²) in [4.78, 5) is 6.80. The third kappa shape index (κ3) is 8.68. The smallest absolute Gasteiger partial charge is 0.191 e. The lowest BCUT2D eigenvalue weighted by Crippen LogP contribution is -2.42. The van der Waals surface area contributed by atoms with E-state index in [0.717, 1.165) is 18.4 Å². The summed E-state index contributed by atoms with van der Waals surface area (Å²) in [6, 6.07) is 0.430. The summed E-state index contributed by atoms with van der Waals surface area (Å²) in [6.07, 6.45) is 3.95. The van der Waals surface area contributed by atoms with Crippen molar-refractivity contribution in [3.63, 3.8) is 0 Å². The molecule has 0 spiro atoms. The first kappa shape index (κ1) is 19.0. The Morgan fingerprint density at radius 2 is 2.16 bits per heavy atom. The molecule has 2 N–H and O–H groups in total. The summed E-state index contributed by atoms with van der Waals surface area (Å²) in [5.74, 6) is 1.79. The number of piperidine rings is 1. The first-order valence-corrected chi connectivity index (χ1v) is 7.31. The average molecular weight is 382 g/mol. The van der Waals surface area contributed by atoms with Gasteiger partial charge in [-0.3, -0.25) is 4.99 Å². The molecule has 114 valence electrons. The second-order valence-electron chi connectivity index (χ2n) is 5.70. The molecule has 0 amide bonds. The average Bonchev–Trinajstić information content (AvgIpc) is 2.32.